The molecule has 0 amide bonds. The van der Waals surface area contributed by atoms with Crippen LogP contribution in [0.4, 0.5) is 0 Å². The van der Waals surface area contributed by atoms with Crippen molar-refractivity contribution in [1.82, 2.24) is 19.1 Å². The van der Waals surface area contributed by atoms with Crippen LogP contribution in [0, 0.1) is 35.5 Å². The number of carbonyl (C=O) groups excluding carboxylic acids is 4. The van der Waals surface area contributed by atoms with Gasteiger partial charge < -0.3 is 28.1 Å². The Hall–Kier alpha value is -4.48. The maximum Gasteiger partial charge on any atom is 0.309 e. The topological polar surface area (TPSA) is 141 Å². The fourth-order valence-corrected chi connectivity index (χ4v) is 6.23. The second-order valence-electron chi connectivity index (χ2n) is 13.8. The smallest absolute Gasteiger partial charge is 0.309 e. The van der Waals surface area contributed by atoms with E-state index in [1.54, 1.807) is 25.0 Å². The lowest BCUT2D eigenvalue weighted by atomic mass is 9.87. The Morgan fingerprint density at radius 3 is 1.34 bits per heavy atom. The first-order valence-electron chi connectivity index (χ1n) is 17.8. The summed E-state index contributed by atoms with van der Waals surface area (Å²) in [5.41, 5.74) is 3.50. The fraction of sp³-hybridized carbons (Fsp3) is 0.579. The predicted molar refractivity (Wildman–Crippen MR) is 182 cm³/mol. The van der Waals surface area contributed by atoms with Crippen LogP contribution in [0.15, 0.2) is 49.3 Å². The Bertz CT molecular complexity index is 1470. The fourth-order valence-electron chi connectivity index (χ4n) is 6.23. The molecule has 0 radical (unpaired) electrons. The lowest BCUT2D eigenvalue weighted by Gasteiger charge is -2.25. The van der Waals surface area contributed by atoms with E-state index in [4.69, 9.17) is 18.9 Å². The van der Waals surface area contributed by atoms with Crippen molar-refractivity contribution in [3.8, 4) is 0 Å². The molecule has 2 saturated carbocycles. The lowest BCUT2D eigenvalue weighted by Crippen LogP contribution is -2.31. The molecule has 1 aromatic carbocycles. The van der Waals surface area contributed by atoms with Crippen molar-refractivity contribution >= 4 is 23.9 Å². The number of nitrogens with zero attached hydrogens (tertiary/aromatic N) is 4. The van der Waals surface area contributed by atoms with Gasteiger partial charge in [0.05, 0.1) is 49.5 Å². The number of hydrogen-bond acceptors (Lipinski definition) is 10. The van der Waals surface area contributed by atoms with Crippen molar-refractivity contribution in [2.75, 3.05) is 13.2 Å². The molecule has 2 fully saturated rings. The normalized spacial score (nSPS) is 16.6. The third kappa shape index (κ3) is 10.3. The minimum absolute atomic E-state index is 0.0173. The number of rotatable bonds is 20. The molecular formula is C38H50N4O8. The van der Waals surface area contributed by atoms with E-state index in [2.05, 4.69) is 9.97 Å². The number of hydrogen-bond donors (Lipinski definition) is 0. The molecule has 0 bridgehead atoms. The monoisotopic (exact) mass is 690 g/mol. The third-order valence-electron chi connectivity index (χ3n) is 9.88. The Labute approximate surface area is 293 Å². The highest BCUT2D eigenvalue weighted by molar-refractivity contribution is 5.76. The summed E-state index contributed by atoms with van der Waals surface area (Å²) in [5.74, 6) is -2.51. The first-order chi connectivity index (χ1) is 24.2. The second-order valence-corrected chi connectivity index (χ2v) is 13.8. The number of aromatic nitrogens is 4. The molecule has 3 aromatic rings. The van der Waals surface area contributed by atoms with E-state index in [0.29, 0.717) is 25.7 Å². The summed E-state index contributed by atoms with van der Waals surface area (Å²) in [5, 5.41) is 0. The SMILES string of the molecule is CCC(C(=O)OCc1ccc(COC(=O)C(CC)C(COC(=O)C2CC2)Cc2cncn2C)cc1)C(COC(=O)C1CC1)Cc1cncn1C. The third-order valence-corrected chi connectivity index (χ3v) is 9.88. The van der Waals surface area contributed by atoms with E-state index < -0.39 is 11.8 Å². The summed E-state index contributed by atoms with van der Waals surface area (Å²) in [6, 6.07) is 7.40. The molecule has 5 rings (SSSR count). The zero-order valence-electron chi connectivity index (χ0n) is 29.6. The zero-order valence-corrected chi connectivity index (χ0v) is 29.6. The Kier molecular flexibility index (Phi) is 12.8. The number of imidazole rings is 2. The maximum atomic E-state index is 13.3. The molecule has 2 aliphatic rings. The first-order valence-corrected chi connectivity index (χ1v) is 17.8. The number of esters is 4. The van der Waals surface area contributed by atoms with Gasteiger partial charge in [-0.3, -0.25) is 19.2 Å². The summed E-state index contributed by atoms with van der Waals surface area (Å²) in [4.78, 5) is 59.7. The van der Waals surface area contributed by atoms with E-state index in [-0.39, 0.29) is 74.0 Å². The summed E-state index contributed by atoms with van der Waals surface area (Å²) in [7, 11) is 3.80. The summed E-state index contributed by atoms with van der Waals surface area (Å²) >= 11 is 0. The van der Waals surface area contributed by atoms with Crippen LogP contribution >= 0.6 is 0 Å². The lowest BCUT2D eigenvalue weighted by molar-refractivity contribution is -0.157. The highest BCUT2D eigenvalue weighted by Crippen LogP contribution is 2.32. The average molecular weight is 691 g/mol. The van der Waals surface area contributed by atoms with E-state index in [1.165, 1.54) is 0 Å². The van der Waals surface area contributed by atoms with Gasteiger partial charge >= 0.3 is 23.9 Å². The van der Waals surface area contributed by atoms with Crippen molar-refractivity contribution in [3.05, 3.63) is 71.8 Å². The summed E-state index contributed by atoms with van der Waals surface area (Å²) < 4.78 is 26.6. The number of benzene rings is 1. The molecule has 2 aromatic heterocycles. The average Bonchev–Trinajstić information content (AvgIpc) is 4.05. The van der Waals surface area contributed by atoms with Crippen molar-refractivity contribution in [3.63, 3.8) is 0 Å². The molecule has 50 heavy (non-hydrogen) atoms. The van der Waals surface area contributed by atoms with Crippen molar-refractivity contribution < 1.29 is 38.1 Å². The van der Waals surface area contributed by atoms with Crippen molar-refractivity contribution in [2.45, 2.75) is 78.4 Å². The van der Waals surface area contributed by atoms with Crippen LogP contribution in [-0.4, -0.2) is 56.2 Å². The van der Waals surface area contributed by atoms with Crippen LogP contribution in [0.25, 0.3) is 0 Å². The Balaban J connectivity index is 1.13. The highest BCUT2D eigenvalue weighted by atomic mass is 16.5. The molecule has 0 saturated heterocycles. The van der Waals surface area contributed by atoms with Gasteiger partial charge in [0.15, 0.2) is 0 Å². The highest BCUT2D eigenvalue weighted by Gasteiger charge is 2.36. The van der Waals surface area contributed by atoms with Crippen LogP contribution in [0.1, 0.15) is 74.9 Å². The van der Waals surface area contributed by atoms with Crippen LogP contribution in [0.2, 0.25) is 0 Å². The van der Waals surface area contributed by atoms with Gasteiger partial charge in [-0.1, -0.05) is 38.1 Å². The van der Waals surface area contributed by atoms with Gasteiger partial charge in [-0.15, -0.1) is 0 Å². The van der Waals surface area contributed by atoms with Crippen LogP contribution < -0.4 is 0 Å². The Morgan fingerprint density at radius 2 is 1.04 bits per heavy atom. The van der Waals surface area contributed by atoms with E-state index in [1.807, 2.05) is 61.3 Å². The minimum atomic E-state index is -0.457. The van der Waals surface area contributed by atoms with Gasteiger partial charge in [0, 0.05) is 49.7 Å². The second kappa shape index (κ2) is 17.4. The largest absolute Gasteiger partial charge is 0.465 e. The molecule has 4 unspecified atom stereocenters. The van der Waals surface area contributed by atoms with E-state index in [0.717, 1.165) is 48.2 Å². The minimum Gasteiger partial charge on any atom is -0.465 e. The van der Waals surface area contributed by atoms with E-state index in [9.17, 15) is 19.2 Å². The quantitative estimate of drug-likeness (QED) is 0.119. The number of ether oxygens (including phenoxy) is 4. The molecule has 270 valence electrons. The Morgan fingerprint density at radius 1 is 0.660 bits per heavy atom. The van der Waals surface area contributed by atoms with Gasteiger partial charge in [-0.05, 0) is 62.5 Å². The van der Waals surface area contributed by atoms with Gasteiger partial charge in [0.1, 0.15) is 13.2 Å². The molecule has 0 aliphatic heterocycles. The van der Waals surface area contributed by atoms with E-state index >= 15 is 0 Å². The molecule has 4 atom stereocenters. The molecule has 12 nitrogen and oxygen atoms in total. The van der Waals surface area contributed by atoms with Gasteiger partial charge in [-0.25, -0.2) is 9.97 Å². The summed E-state index contributed by atoms with van der Waals surface area (Å²) in [6.45, 7) is 4.34. The number of aryl methyl sites for hydroxylation is 2. The molecule has 2 heterocycles. The molecular weight excluding hydrogens is 640 g/mol. The van der Waals surface area contributed by atoms with Gasteiger partial charge in [0.25, 0.3) is 0 Å². The van der Waals surface area contributed by atoms with Crippen LogP contribution in [0.3, 0.4) is 0 Å². The van der Waals surface area contributed by atoms with Crippen LogP contribution in [0.5, 0.6) is 0 Å². The molecule has 12 heteroatoms. The number of carbonyl (C=O) groups is 4. The first kappa shape index (κ1) is 36.8. The van der Waals surface area contributed by atoms with Gasteiger partial charge in [0.2, 0.25) is 0 Å². The molecule has 2 aliphatic carbocycles. The van der Waals surface area contributed by atoms with Crippen molar-refractivity contribution in [1.29, 1.82) is 0 Å². The van der Waals surface area contributed by atoms with Crippen LogP contribution in [-0.2, 0) is 78.3 Å². The van der Waals surface area contributed by atoms with Gasteiger partial charge in [-0.2, -0.15) is 0 Å². The predicted octanol–water partition coefficient (Wildman–Crippen LogP) is 4.92. The molecule has 0 spiro atoms. The standard InChI is InChI=1S/C38H50N4O8/c1-5-33(29(15-31-17-39-23-41(31)3)21-49-35(43)27-11-12-27)37(45)47-19-25-7-9-26(10-8-25)20-48-38(46)34(6-2)30(16-32-18-40-24-42(32)4)22-50-36(44)28-13-14-28/h7-10,17-18,23-24,27-30,33-34H,5-6,11-16,19-22H2,1-4H3. The maximum absolute atomic E-state index is 13.3. The van der Waals surface area contributed by atoms with Crippen molar-refractivity contribution in [2.24, 2.45) is 49.6 Å². The zero-order chi connectivity index (χ0) is 35.6. The summed E-state index contributed by atoms with van der Waals surface area (Å²) in [6.07, 6.45) is 12.5. The molecule has 0 N–H and O–H groups in total.